The lowest BCUT2D eigenvalue weighted by molar-refractivity contribution is 0.216. The number of likely N-dealkylation sites (tertiary alicyclic amines) is 1. The molecule has 2 aliphatic rings. The highest BCUT2D eigenvalue weighted by atomic mass is 16.5. The van der Waals surface area contributed by atoms with Crippen LogP contribution in [0.3, 0.4) is 0 Å². The molecule has 4 rings (SSSR count). The van der Waals surface area contributed by atoms with Crippen molar-refractivity contribution >= 4 is 0 Å². The van der Waals surface area contributed by atoms with Gasteiger partial charge in [-0.1, -0.05) is 5.16 Å². The molecule has 25 heavy (non-hydrogen) atoms. The number of aromatic nitrogens is 4. The van der Waals surface area contributed by atoms with Crippen LogP contribution >= 0.6 is 0 Å². The Morgan fingerprint density at radius 3 is 2.68 bits per heavy atom. The number of nitrogens with zero attached hydrogens (tertiary/aromatic N) is 6. The fourth-order valence-electron chi connectivity index (χ4n) is 3.83. The monoisotopic (exact) mass is 344 g/mol. The molecule has 7 heteroatoms. The topological polar surface area (TPSA) is 63.2 Å². The van der Waals surface area contributed by atoms with E-state index < -0.39 is 0 Å². The van der Waals surface area contributed by atoms with E-state index in [0.29, 0.717) is 12.0 Å². The molecule has 2 fully saturated rings. The summed E-state index contributed by atoms with van der Waals surface area (Å²) in [4.78, 5) is 4.92. The van der Waals surface area contributed by atoms with Crippen molar-refractivity contribution < 1.29 is 4.52 Å². The third-order valence-electron chi connectivity index (χ3n) is 5.77. The minimum Gasteiger partial charge on any atom is -0.361 e. The molecule has 0 aromatic carbocycles. The van der Waals surface area contributed by atoms with Crippen molar-refractivity contribution in [3.63, 3.8) is 0 Å². The second kappa shape index (κ2) is 6.53. The first kappa shape index (κ1) is 16.7. The summed E-state index contributed by atoms with van der Waals surface area (Å²) < 4.78 is 7.49. The molecule has 1 atom stereocenters. The summed E-state index contributed by atoms with van der Waals surface area (Å²) in [5, 5.41) is 12.9. The summed E-state index contributed by atoms with van der Waals surface area (Å²) in [7, 11) is 4.31. The van der Waals surface area contributed by atoms with Crippen LogP contribution in [0.2, 0.25) is 0 Å². The molecular formula is C18H28N6O. The van der Waals surface area contributed by atoms with Crippen molar-refractivity contribution in [3.05, 3.63) is 28.7 Å². The highest BCUT2D eigenvalue weighted by Crippen LogP contribution is 2.38. The highest BCUT2D eigenvalue weighted by molar-refractivity contribution is 5.20. The predicted molar refractivity (Wildman–Crippen MR) is 94.1 cm³/mol. The molecule has 136 valence electrons. The first-order valence-electron chi connectivity index (χ1n) is 9.25. The molecule has 7 nitrogen and oxygen atoms in total. The van der Waals surface area contributed by atoms with Crippen molar-refractivity contribution in [2.24, 2.45) is 7.05 Å². The zero-order valence-corrected chi connectivity index (χ0v) is 15.7. The van der Waals surface area contributed by atoms with Gasteiger partial charge in [0.2, 0.25) is 0 Å². The zero-order chi connectivity index (χ0) is 17.6. The normalized spacial score (nSPS) is 21.6. The standard InChI is InChI=1S/C18H28N6O/c1-12-16(13(2)25-21-12)10-24-8-7-15(9-24)22(3)11-17-19-20-18(23(17)4)14-5-6-14/h14-15H,5-11H2,1-4H3/t15-/m0/s1. The third-order valence-corrected chi connectivity index (χ3v) is 5.77. The van der Waals surface area contributed by atoms with E-state index in [1.54, 1.807) is 0 Å². The van der Waals surface area contributed by atoms with Crippen LogP contribution in [0.1, 0.15) is 53.8 Å². The van der Waals surface area contributed by atoms with Crippen LogP contribution in [-0.4, -0.2) is 55.9 Å². The van der Waals surface area contributed by atoms with Crippen molar-refractivity contribution in [1.82, 2.24) is 29.7 Å². The van der Waals surface area contributed by atoms with Crippen molar-refractivity contribution in [3.8, 4) is 0 Å². The smallest absolute Gasteiger partial charge is 0.146 e. The summed E-state index contributed by atoms with van der Waals surface area (Å²) in [5.41, 5.74) is 2.26. The summed E-state index contributed by atoms with van der Waals surface area (Å²) in [6.45, 7) is 8.01. The van der Waals surface area contributed by atoms with Gasteiger partial charge in [0.05, 0.1) is 12.2 Å². The minimum atomic E-state index is 0.557. The van der Waals surface area contributed by atoms with E-state index in [4.69, 9.17) is 4.52 Å². The lowest BCUT2D eigenvalue weighted by Crippen LogP contribution is -2.34. The van der Waals surface area contributed by atoms with Gasteiger partial charge >= 0.3 is 0 Å². The molecular weight excluding hydrogens is 316 g/mol. The second-order valence-corrected chi connectivity index (χ2v) is 7.70. The lowest BCUT2D eigenvalue weighted by atomic mass is 10.2. The Labute approximate surface area is 149 Å². The van der Waals surface area contributed by atoms with Gasteiger partial charge in [-0.05, 0) is 40.2 Å². The summed E-state index contributed by atoms with van der Waals surface area (Å²) in [6, 6.07) is 0.557. The quantitative estimate of drug-likeness (QED) is 0.799. The SMILES string of the molecule is Cc1noc(C)c1CN1CC[C@H](N(C)Cc2nnc(C3CC3)n2C)C1. The molecule has 1 aliphatic carbocycles. The van der Waals surface area contributed by atoms with E-state index in [2.05, 4.69) is 43.8 Å². The van der Waals surface area contributed by atoms with E-state index in [1.807, 2.05) is 13.8 Å². The Balaban J connectivity index is 1.35. The first-order chi connectivity index (χ1) is 12.0. The van der Waals surface area contributed by atoms with Crippen LogP contribution in [0.25, 0.3) is 0 Å². The molecule has 0 radical (unpaired) electrons. The molecule has 1 saturated carbocycles. The van der Waals surface area contributed by atoms with E-state index in [-0.39, 0.29) is 0 Å². The number of hydrogen-bond acceptors (Lipinski definition) is 6. The van der Waals surface area contributed by atoms with E-state index in [1.165, 1.54) is 24.8 Å². The van der Waals surface area contributed by atoms with Gasteiger partial charge in [-0.2, -0.15) is 0 Å². The van der Waals surface area contributed by atoms with Crippen LogP contribution < -0.4 is 0 Å². The van der Waals surface area contributed by atoms with Gasteiger partial charge in [0.1, 0.15) is 17.4 Å². The maximum Gasteiger partial charge on any atom is 0.146 e. The summed E-state index contributed by atoms with van der Waals surface area (Å²) >= 11 is 0. The molecule has 0 spiro atoms. The maximum absolute atomic E-state index is 5.29. The largest absolute Gasteiger partial charge is 0.361 e. The Hall–Kier alpha value is -1.73. The molecule has 0 N–H and O–H groups in total. The van der Waals surface area contributed by atoms with Crippen molar-refractivity contribution in [2.75, 3.05) is 20.1 Å². The van der Waals surface area contributed by atoms with Crippen LogP contribution in [0, 0.1) is 13.8 Å². The molecule has 2 aromatic heterocycles. The van der Waals surface area contributed by atoms with Crippen LogP contribution in [0.15, 0.2) is 4.52 Å². The minimum absolute atomic E-state index is 0.557. The van der Waals surface area contributed by atoms with Crippen molar-refractivity contribution in [1.29, 1.82) is 0 Å². The van der Waals surface area contributed by atoms with E-state index >= 15 is 0 Å². The lowest BCUT2D eigenvalue weighted by Gasteiger charge is -2.24. The molecule has 1 aliphatic heterocycles. The molecule has 1 saturated heterocycles. The maximum atomic E-state index is 5.29. The van der Waals surface area contributed by atoms with Crippen LogP contribution in [0.5, 0.6) is 0 Å². The van der Waals surface area contributed by atoms with Crippen molar-refractivity contribution in [2.45, 2.75) is 58.2 Å². The van der Waals surface area contributed by atoms with E-state index in [0.717, 1.165) is 49.3 Å². The average Bonchev–Trinajstić information content (AvgIpc) is 3.09. The fraction of sp³-hybridized carbons (Fsp3) is 0.722. The average molecular weight is 344 g/mol. The predicted octanol–water partition coefficient (Wildman–Crippen LogP) is 2.00. The fourth-order valence-corrected chi connectivity index (χ4v) is 3.83. The number of hydrogen-bond donors (Lipinski definition) is 0. The van der Waals surface area contributed by atoms with Gasteiger partial charge < -0.3 is 9.09 Å². The summed E-state index contributed by atoms with van der Waals surface area (Å²) in [5.74, 6) is 3.83. The van der Waals surface area contributed by atoms with Crippen LogP contribution in [-0.2, 0) is 20.1 Å². The van der Waals surface area contributed by atoms with Gasteiger partial charge in [0.25, 0.3) is 0 Å². The number of rotatable bonds is 6. The van der Waals surface area contributed by atoms with Gasteiger partial charge in [-0.15, -0.1) is 10.2 Å². The van der Waals surface area contributed by atoms with Gasteiger partial charge in [0.15, 0.2) is 0 Å². The van der Waals surface area contributed by atoms with Crippen LogP contribution in [0.4, 0.5) is 0 Å². The second-order valence-electron chi connectivity index (χ2n) is 7.70. The Morgan fingerprint density at radius 1 is 1.20 bits per heavy atom. The number of likely N-dealkylation sites (N-methyl/N-ethyl adjacent to an activating group) is 1. The first-order valence-corrected chi connectivity index (χ1v) is 9.25. The number of aryl methyl sites for hydroxylation is 2. The van der Waals surface area contributed by atoms with Gasteiger partial charge in [0, 0.05) is 44.2 Å². The Kier molecular flexibility index (Phi) is 4.37. The molecule has 2 aromatic rings. The Morgan fingerprint density at radius 2 is 2.00 bits per heavy atom. The molecule has 0 amide bonds. The highest BCUT2D eigenvalue weighted by Gasteiger charge is 2.31. The van der Waals surface area contributed by atoms with Gasteiger partial charge in [-0.3, -0.25) is 9.80 Å². The molecule has 0 unspecified atom stereocenters. The Bertz CT molecular complexity index is 727. The van der Waals surface area contributed by atoms with E-state index in [9.17, 15) is 0 Å². The third kappa shape index (κ3) is 3.35. The van der Waals surface area contributed by atoms with Gasteiger partial charge in [-0.25, -0.2) is 0 Å². The zero-order valence-electron chi connectivity index (χ0n) is 15.7. The molecule has 3 heterocycles. The molecule has 0 bridgehead atoms. The summed E-state index contributed by atoms with van der Waals surface area (Å²) in [6.07, 6.45) is 3.72.